The predicted octanol–water partition coefficient (Wildman–Crippen LogP) is 5.45. The third-order valence-electron chi connectivity index (χ3n) is 4.45. The molecule has 0 aliphatic rings. The smallest absolute Gasteiger partial charge is 0.213 e. The predicted molar refractivity (Wildman–Crippen MR) is 106 cm³/mol. The number of imidazole rings is 1. The number of carbonyl (C=O) groups is 1. The van der Waals surface area contributed by atoms with Gasteiger partial charge in [0.2, 0.25) is 5.78 Å². The fourth-order valence-corrected chi connectivity index (χ4v) is 4.29. The van der Waals surface area contributed by atoms with Crippen LogP contribution >= 0.6 is 11.3 Å². The number of thiazole rings is 1. The number of hydrogen-bond acceptors (Lipinski definition) is 3. The number of para-hydroxylation sites is 1. The van der Waals surface area contributed by atoms with Gasteiger partial charge < -0.3 is 0 Å². The summed E-state index contributed by atoms with van der Waals surface area (Å²) in [5.41, 5.74) is 4.07. The number of benzene rings is 3. The molecule has 0 aliphatic carbocycles. The second-order valence-electron chi connectivity index (χ2n) is 6.06. The van der Waals surface area contributed by atoms with Crippen LogP contribution < -0.4 is 0 Å². The fraction of sp³-hybridized carbons (Fsp3) is 0. The van der Waals surface area contributed by atoms with Crippen molar-refractivity contribution in [3.63, 3.8) is 0 Å². The summed E-state index contributed by atoms with van der Waals surface area (Å²) >= 11 is 1.60. The van der Waals surface area contributed by atoms with E-state index in [0.29, 0.717) is 11.3 Å². The van der Waals surface area contributed by atoms with Gasteiger partial charge in [-0.3, -0.25) is 9.20 Å². The van der Waals surface area contributed by atoms with Gasteiger partial charge in [0.05, 0.1) is 15.9 Å². The summed E-state index contributed by atoms with van der Waals surface area (Å²) in [7, 11) is 0. The van der Waals surface area contributed by atoms with E-state index < -0.39 is 0 Å². The summed E-state index contributed by atoms with van der Waals surface area (Å²) in [6.07, 6.45) is 0. The molecule has 0 fully saturated rings. The van der Waals surface area contributed by atoms with E-state index in [1.807, 2.05) is 72.8 Å². The van der Waals surface area contributed by atoms with E-state index in [4.69, 9.17) is 4.98 Å². The maximum atomic E-state index is 13.2. The normalized spacial score (nSPS) is 11.2. The van der Waals surface area contributed by atoms with E-state index in [1.54, 1.807) is 11.3 Å². The first-order valence-corrected chi connectivity index (χ1v) is 9.20. The molecule has 0 saturated heterocycles. The van der Waals surface area contributed by atoms with Crippen molar-refractivity contribution in [1.82, 2.24) is 9.38 Å². The Morgan fingerprint density at radius 2 is 1.46 bits per heavy atom. The summed E-state index contributed by atoms with van der Waals surface area (Å²) in [6.45, 7) is 0. The molecule has 0 saturated carbocycles. The molecule has 0 unspecified atom stereocenters. The molecular weight excluding hydrogens is 340 g/mol. The number of nitrogens with zero attached hydrogens (tertiary/aromatic N) is 2. The third kappa shape index (κ3) is 2.27. The van der Waals surface area contributed by atoms with E-state index in [-0.39, 0.29) is 5.78 Å². The number of hydrogen-bond donors (Lipinski definition) is 0. The molecule has 124 valence electrons. The number of fused-ring (bicyclic) bond motifs is 3. The highest BCUT2D eigenvalue weighted by atomic mass is 32.1. The monoisotopic (exact) mass is 354 g/mol. The summed E-state index contributed by atoms with van der Waals surface area (Å²) in [5, 5.41) is 0. The van der Waals surface area contributed by atoms with Crippen molar-refractivity contribution in [2.24, 2.45) is 0 Å². The number of ketones is 1. The molecule has 5 aromatic rings. The van der Waals surface area contributed by atoms with Gasteiger partial charge >= 0.3 is 0 Å². The van der Waals surface area contributed by atoms with E-state index in [1.165, 1.54) is 0 Å². The van der Waals surface area contributed by atoms with E-state index >= 15 is 0 Å². The zero-order chi connectivity index (χ0) is 17.5. The van der Waals surface area contributed by atoms with Gasteiger partial charge in [-0.15, -0.1) is 0 Å². The van der Waals surface area contributed by atoms with Crippen LogP contribution in [0.2, 0.25) is 0 Å². The van der Waals surface area contributed by atoms with Crippen molar-refractivity contribution in [3.8, 4) is 11.3 Å². The maximum absolute atomic E-state index is 13.2. The van der Waals surface area contributed by atoms with Crippen molar-refractivity contribution >= 4 is 32.3 Å². The van der Waals surface area contributed by atoms with Gasteiger partial charge in [0.15, 0.2) is 4.96 Å². The molecule has 0 radical (unpaired) electrons. The van der Waals surface area contributed by atoms with Gasteiger partial charge in [-0.25, -0.2) is 4.98 Å². The van der Waals surface area contributed by atoms with Gasteiger partial charge in [-0.1, -0.05) is 84.1 Å². The summed E-state index contributed by atoms with van der Waals surface area (Å²) in [4.78, 5) is 18.7. The first-order valence-electron chi connectivity index (χ1n) is 8.38. The van der Waals surface area contributed by atoms with Gasteiger partial charge in [0.1, 0.15) is 5.69 Å². The van der Waals surface area contributed by atoms with Crippen molar-refractivity contribution < 1.29 is 4.79 Å². The standard InChI is InChI=1S/C22H14N2OS/c25-21(16-11-5-2-6-12-16)19-20(15-9-3-1-4-10-15)24-17-13-7-8-14-18(17)26-22(24)23-19/h1-14H. The summed E-state index contributed by atoms with van der Waals surface area (Å²) in [5.74, 6) is -0.0514. The van der Waals surface area contributed by atoms with E-state index in [2.05, 4.69) is 16.5 Å². The fourth-order valence-electron chi connectivity index (χ4n) is 3.27. The van der Waals surface area contributed by atoms with Gasteiger partial charge in [0, 0.05) is 11.1 Å². The highest BCUT2D eigenvalue weighted by Gasteiger charge is 2.23. The Hall–Kier alpha value is -3.24. The quantitative estimate of drug-likeness (QED) is 0.404. The second-order valence-corrected chi connectivity index (χ2v) is 7.07. The summed E-state index contributed by atoms with van der Waals surface area (Å²) < 4.78 is 3.26. The van der Waals surface area contributed by atoms with Gasteiger partial charge in [0.25, 0.3) is 0 Å². The zero-order valence-corrected chi connectivity index (χ0v) is 14.6. The van der Waals surface area contributed by atoms with Crippen LogP contribution in [0.25, 0.3) is 26.4 Å². The Morgan fingerprint density at radius 3 is 2.23 bits per heavy atom. The van der Waals surface area contributed by atoms with Crippen molar-refractivity contribution in [1.29, 1.82) is 0 Å². The molecule has 5 rings (SSSR count). The van der Waals surface area contributed by atoms with Crippen LogP contribution in [-0.2, 0) is 0 Å². The van der Waals surface area contributed by atoms with Crippen LogP contribution in [0, 0.1) is 0 Å². The lowest BCUT2D eigenvalue weighted by Crippen LogP contribution is -2.04. The maximum Gasteiger partial charge on any atom is 0.213 e. The molecule has 2 heterocycles. The molecule has 0 atom stereocenters. The third-order valence-corrected chi connectivity index (χ3v) is 5.47. The van der Waals surface area contributed by atoms with Crippen molar-refractivity contribution in [2.45, 2.75) is 0 Å². The highest BCUT2D eigenvalue weighted by Crippen LogP contribution is 2.34. The molecule has 0 amide bonds. The van der Waals surface area contributed by atoms with Crippen LogP contribution in [0.1, 0.15) is 16.1 Å². The lowest BCUT2D eigenvalue weighted by atomic mass is 10.0. The Balaban J connectivity index is 1.85. The number of rotatable bonds is 3. The lowest BCUT2D eigenvalue weighted by Gasteiger charge is -2.05. The number of carbonyl (C=O) groups excluding carboxylic acids is 1. The Bertz CT molecular complexity index is 1240. The zero-order valence-electron chi connectivity index (χ0n) is 13.8. The van der Waals surface area contributed by atoms with Crippen molar-refractivity contribution in [2.75, 3.05) is 0 Å². The number of aromatic nitrogens is 2. The molecule has 4 heteroatoms. The molecule has 0 N–H and O–H groups in total. The molecule has 3 aromatic carbocycles. The average Bonchev–Trinajstić information content (AvgIpc) is 3.25. The van der Waals surface area contributed by atoms with Gasteiger partial charge in [-0.05, 0) is 12.1 Å². The summed E-state index contributed by atoms with van der Waals surface area (Å²) in [6, 6.07) is 27.5. The Labute approximate surface area is 154 Å². The van der Waals surface area contributed by atoms with Crippen LogP contribution in [0.5, 0.6) is 0 Å². The Kier molecular flexibility index (Phi) is 3.43. The van der Waals surface area contributed by atoms with E-state index in [0.717, 1.165) is 26.4 Å². The molecule has 3 nitrogen and oxygen atoms in total. The van der Waals surface area contributed by atoms with Crippen LogP contribution in [-0.4, -0.2) is 15.2 Å². The second kappa shape index (κ2) is 5.93. The molecule has 0 spiro atoms. The molecule has 0 aliphatic heterocycles. The van der Waals surface area contributed by atoms with Crippen LogP contribution in [0.4, 0.5) is 0 Å². The largest absolute Gasteiger partial charge is 0.287 e. The first-order chi connectivity index (χ1) is 12.8. The highest BCUT2D eigenvalue weighted by molar-refractivity contribution is 7.23. The molecule has 2 aromatic heterocycles. The Morgan fingerprint density at radius 1 is 0.808 bits per heavy atom. The van der Waals surface area contributed by atoms with Crippen LogP contribution in [0.15, 0.2) is 84.9 Å². The first kappa shape index (κ1) is 15.0. The minimum absolute atomic E-state index is 0.0514. The molecule has 26 heavy (non-hydrogen) atoms. The SMILES string of the molecule is O=C(c1ccccc1)c1nc2sc3ccccc3n2c1-c1ccccc1. The van der Waals surface area contributed by atoms with Crippen LogP contribution in [0.3, 0.4) is 0 Å². The van der Waals surface area contributed by atoms with Crippen molar-refractivity contribution in [3.05, 3.63) is 96.2 Å². The minimum atomic E-state index is -0.0514. The lowest BCUT2D eigenvalue weighted by molar-refractivity contribution is 0.103. The van der Waals surface area contributed by atoms with E-state index in [9.17, 15) is 4.79 Å². The molecule has 0 bridgehead atoms. The minimum Gasteiger partial charge on any atom is -0.287 e. The average molecular weight is 354 g/mol. The molecular formula is C22H14N2OS. The van der Waals surface area contributed by atoms with Gasteiger partial charge in [-0.2, -0.15) is 0 Å². The topological polar surface area (TPSA) is 34.4 Å².